The van der Waals surface area contributed by atoms with Crippen LogP contribution >= 0.6 is 0 Å². The molecule has 0 atom stereocenters. The number of anilines is 1. The molecule has 8 heteroatoms. The van der Waals surface area contributed by atoms with Crippen molar-refractivity contribution in [1.29, 1.82) is 0 Å². The van der Waals surface area contributed by atoms with Crippen LogP contribution in [-0.4, -0.2) is 77.1 Å². The second-order valence-electron chi connectivity index (χ2n) is 9.71. The smallest absolute Gasteiger partial charge is 0.254 e. The molecule has 8 nitrogen and oxygen atoms in total. The first-order valence-corrected chi connectivity index (χ1v) is 12.9. The number of hydrogen-bond acceptors (Lipinski definition) is 5. The molecule has 3 aromatic rings. The summed E-state index contributed by atoms with van der Waals surface area (Å²) >= 11 is 0. The first kappa shape index (κ1) is 26.6. The van der Waals surface area contributed by atoms with Gasteiger partial charge in [0.15, 0.2) is 0 Å². The fraction of sp³-hybridized carbons (Fsp3) is 0.414. The van der Waals surface area contributed by atoms with Gasteiger partial charge in [-0.3, -0.25) is 14.5 Å². The summed E-state index contributed by atoms with van der Waals surface area (Å²) in [4.78, 5) is 37.4. The summed E-state index contributed by atoms with van der Waals surface area (Å²) < 4.78 is 7.15. The number of methoxy groups -OCH3 is 1. The van der Waals surface area contributed by atoms with E-state index in [0.717, 1.165) is 36.3 Å². The van der Waals surface area contributed by atoms with Crippen molar-refractivity contribution >= 4 is 17.5 Å². The highest BCUT2D eigenvalue weighted by molar-refractivity contribution is 5.97. The molecule has 1 aromatic heterocycles. The van der Waals surface area contributed by atoms with Crippen molar-refractivity contribution in [2.75, 3.05) is 44.8 Å². The number of hydrogen-bond donors (Lipinski definition) is 0. The predicted molar refractivity (Wildman–Crippen MR) is 145 cm³/mol. The molecular weight excluding hydrogens is 466 g/mol. The molecular formula is C29H37N5O3. The van der Waals surface area contributed by atoms with Gasteiger partial charge in [-0.2, -0.15) is 0 Å². The van der Waals surface area contributed by atoms with Crippen molar-refractivity contribution in [2.45, 2.75) is 39.4 Å². The Kier molecular flexibility index (Phi) is 9.09. The van der Waals surface area contributed by atoms with E-state index in [4.69, 9.17) is 4.74 Å². The molecule has 0 aliphatic carbocycles. The lowest BCUT2D eigenvalue weighted by Crippen LogP contribution is -2.41. The van der Waals surface area contributed by atoms with Crippen molar-refractivity contribution in [3.05, 3.63) is 83.9 Å². The number of nitrogens with zero attached hydrogens (tertiary/aromatic N) is 5. The van der Waals surface area contributed by atoms with E-state index in [0.29, 0.717) is 37.8 Å². The molecule has 4 rings (SSSR count). The van der Waals surface area contributed by atoms with E-state index < -0.39 is 0 Å². The van der Waals surface area contributed by atoms with Crippen LogP contribution in [0.5, 0.6) is 0 Å². The summed E-state index contributed by atoms with van der Waals surface area (Å²) in [6.45, 7) is 8.16. The Hall–Kier alpha value is -3.49. The van der Waals surface area contributed by atoms with Crippen LogP contribution in [0.3, 0.4) is 0 Å². The minimum Gasteiger partial charge on any atom is -0.375 e. The SMILES string of the molecule is COCC(=O)N1CCCN(C(C)C)CCN(C(=O)c2ccccc2Cn2ccnc2)Cc2ccccc21. The number of carbonyl (C=O) groups excluding carboxylic acids is 2. The van der Waals surface area contributed by atoms with Gasteiger partial charge in [-0.25, -0.2) is 4.98 Å². The molecule has 0 spiro atoms. The summed E-state index contributed by atoms with van der Waals surface area (Å²) in [5.74, 6) is -0.0860. The van der Waals surface area contributed by atoms with Crippen molar-refractivity contribution in [2.24, 2.45) is 0 Å². The molecule has 1 aliphatic rings. The first-order chi connectivity index (χ1) is 18.0. The second kappa shape index (κ2) is 12.7. The normalized spacial score (nSPS) is 15.4. The zero-order valence-electron chi connectivity index (χ0n) is 22.0. The summed E-state index contributed by atoms with van der Waals surface area (Å²) in [7, 11) is 1.54. The fourth-order valence-electron chi connectivity index (χ4n) is 4.87. The molecule has 0 fully saturated rings. The molecule has 37 heavy (non-hydrogen) atoms. The number of rotatable bonds is 6. The highest BCUT2D eigenvalue weighted by Crippen LogP contribution is 2.25. The number of para-hydroxylation sites is 1. The van der Waals surface area contributed by atoms with Crippen molar-refractivity contribution < 1.29 is 14.3 Å². The molecule has 0 bridgehead atoms. The van der Waals surface area contributed by atoms with Crippen molar-refractivity contribution in [1.82, 2.24) is 19.4 Å². The maximum atomic E-state index is 14.1. The highest BCUT2D eigenvalue weighted by atomic mass is 16.5. The van der Waals surface area contributed by atoms with Crippen LogP contribution < -0.4 is 4.90 Å². The molecule has 2 heterocycles. The number of ether oxygens (including phenoxy) is 1. The first-order valence-electron chi connectivity index (χ1n) is 12.9. The van der Waals surface area contributed by atoms with E-state index in [1.807, 2.05) is 69.1 Å². The lowest BCUT2D eigenvalue weighted by Gasteiger charge is -2.30. The quantitative estimate of drug-likeness (QED) is 0.513. The summed E-state index contributed by atoms with van der Waals surface area (Å²) in [6, 6.07) is 16.0. The Labute approximate surface area is 219 Å². The van der Waals surface area contributed by atoms with Gasteiger partial charge in [0.05, 0.1) is 6.33 Å². The number of benzene rings is 2. The van der Waals surface area contributed by atoms with Crippen LogP contribution in [0, 0.1) is 0 Å². The van der Waals surface area contributed by atoms with Gasteiger partial charge in [-0.15, -0.1) is 0 Å². The number of aromatic nitrogens is 2. The van der Waals surface area contributed by atoms with Crippen molar-refractivity contribution in [3.8, 4) is 0 Å². The Balaban J connectivity index is 1.70. The molecule has 0 N–H and O–H groups in total. The van der Waals surface area contributed by atoms with Gasteiger partial charge in [-0.1, -0.05) is 36.4 Å². The topological polar surface area (TPSA) is 70.9 Å². The Morgan fingerprint density at radius 2 is 1.78 bits per heavy atom. The molecule has 196 valence electrons. The number of imidazole rings is 1. The van der Waals surface area contributed by atoms with Crippen LogP contribution in [0.2, 0.25) is 0 Å². The van der Waals surface area contributed by atoms with Gasteiger partial charge in [-0.05, 0) is 43.5 Å². The van der Waals surface area contributed by atoms with Crippen LogP contribution in [0.25, 0.3) is 0 Å². The number of fused-ring (bicyclic) bond motifs is 1. The number of carbonyl (C=O) groups is 2. The van der Waals surface area contributed by atoms with Crippen LogP contribution in [0.15, 0.2) is 67.3 Å². The zero-order chi connectivity index (χ0) is 26.2. The summed E-state index contributed by atoms with van der Waals surface area (Å²) in [5, 5.41) is 0. The van der Waals surface area contributed by atoms with Gasteiger partial charge in [0.1, 0.15) is 6.61 Å². The van der Waals surface area contributed by atoms with Gasteiger partial charge in [0, 0.05) is 76.1 Å². The lowest BCUT2D eigenvalue weighted by atomic mass is 10.0. The second-order valence-corrected chi connectivity index (χ2v) is 9.71. The Morgan fingerprint density at radius 1 is 1.00 bits per heavy atom. The standard InChI is InChI=1S/C29H37N5O3/c1-23(2)32-14-8-15-34(28(35)21-37-3)27-12-7-5-10-25(27)20-33(18-17-32)29(36)26-11-6-4-9-24(26)19-31-16-13-30-22-31/h4-7,9-13,16,22-23H,8,14-15,17-21H2,1-3H3. The van der Waals surface area contributed by atoms with Crippen LogP contribution in [-0.2, 0) is 22.6 Å². The minimum absolute atomic E-state index is 0.0109. The van der Waals surface area contributed by atoms with Crippen LogP contribution in [0.4, 0.5) is 5.69 Å². The van der Waals surface area contributed by atoms with E-state index in [9.17, 15) is 9.59 Å². The molecule has 1 aliphatic heterocycles. The molecule has 2 aromatic carbocycles. The van der Waals surface area contributed by atoms with Gasteiger partial charge >= 0.3 is 0 Å². The molecule has 2 amide bonds. The molecule has 0 radical (unpaired) electrons. The fourth-order valence-corrected chi connectivity index (χ4v) is 4.87. The van der Waals surface area contributed by atoms with E-state index in [-0.39, 0.29) is 18.4 Å². The van der Waals surface area contributed by atoms with Crippen LogP contribution in [0.1, 0.15) is 41.8 Å². The Bertz CT molecular complexity index is 1180. The average molecular weight is 504 g/mol. The monoisotopic (exact) mass is 503 g/mol. The van der Waals surface area contributed by atoms with Crippen molar-refractivity contribution in [3.63, 3.8) is 0 Å². The molecule has 0 saturated carbocycles. The minimum atomic E-state index is -0.0751. The number of amides is 2. The van der Waals surface area contributed by atoms with E-state index in [1.165, 1.54) is 7.11 Å². The summed E-state index contributed by atoms with van der Waals surface area (Å²) in [5.41, 5.74) is 3.43. The maximum absolute atomic E-state index is 14.1. The zero-order valence-corrected chi connectivity index (χ0v) is 22.0. The van der Waals surface area contributed by atoms with Gasteiger partial charge < -0.3 is 19.1 Å². The highest BCUT2D eigenvalue weighted by Gasteiger charge is 2.25. The van der Waals surface area contributed by atoms with E-state index in [2.05, 4.69) is 23.7 Å². The molecule has 0 saturated heterocycles. The summed E-state index contributed by atoms with van der Waals surface area (Å²) in [6.07, 6.45) is 6.24. The van der Waals surface area contributed by atoms with Gasteiger partial charge in [0.2, 0.25) is 0 Å². The van der Waals surface area contributed by atoms with E-state index in [1.54, 1.807) is 12.5 Å². The lowest BCUT2D eigenvalue weighted by molar-refractivity contribution is -0.122. The third-order valence-electron chi connectivity index (χ3n) is 6.87. The third-order valence-corrected chi connectivity index (χ3v) is 6.87. The average Bonchev–Trinajstić information content (AvgIpc) is 3.39. The van der Waals surface area contributed by atoms with Gasteiger partial charge in [0.25, 0.3) is 11.8 Å². The predicted octanol–water partition coefficient (Wildman–Crippen LogP) is 3.67. The van der Waals surface area contributed by atoms with E-state index >= 15 is 0 Å². The Morgan fingerprint density at radius 3 is 2.54 bits per heavy atom. The third kappa shape index (κ3) is 6.64. The molecule has 0 unspecified atom stereocenters. The maximum Gasteiger partial charge on any atom is 0.254 e. The largest absolute Gasteiger partial charge is 0.375 e.